The van der Waals surface area contributed by atoms with Crippen LogP contribution in [0.15, 0.2) is 36.9 Å². The summed E-state index contributed by atoms with van der Waals surface area (Å²) in [7, 11) is 0. The molecule has 6 heteroatoms. The second-order valence-corrected chi connectivity index (χ2v) is 5.17. The molecular formula is C14H16N6. The van der Waals surface area contributed by atoms with E-state index in [4.69, 9.17) is 0 Å². The highest BCUT2D eigenvalue weighted by Crippen LogP contribution is 2.12. The number of hydrogen-bond acceptors (Lipinski definition) is 4. The number of imidazole rings is 1. The van der Waals surface area contributed by atoms with Gasteiger partial charge in [0.25, 0.3) is 0 Å². The highest BCUT2D eigenvalue weighted by atomic mass is 15.3. The summed E-state index contributed by atoms with van der Waals surface area (Å²) in [5, 5.41) is 7.81. The predicted molar refractivity (Wildman–Crippen MR) is 74.2 cm³/mol. The summed E-state index contributed by atoms with van der Waals surface area (Å²) in [6.45, 7) is 1.68. The maximum Gasteiger partial charge on any atom is 0.138 e. The van der Waals surface area contributed by atoms with E-state index in [1.54, 1.807) is 6.33 Å². The number of fused-ring (bicyclic) bond motifs is 2. The van der Waals surface area contributed by atoms with Crippen molar-refractivity contribution in [3.8, 4) is 0 Å². The maximum atomic E-state index is 4.60. The summed E-state index contributed by atoms with van der Waals surface area (Å²) in [6.07, 6.45) is 7.83. The quantitative estimate of drug-likeness (QED) is 0.771. The number of nitrogens with zero attached hydrogens (tertiary/aromatic N) is 5. The molecule has 0 radical (unpaired) electrons. The summed E-state index contributed by atoms with van der Waals surface area (Å²) in [5.74, 6) is 1.09. The normalized spacial score (nSPS) is 18.3. The summed E-state index contributed by atoms with van der Waals surface area (Å²) in [5.41, 5.74) is 2.06. The molecule has 0 aromatic carbocycles. The Kier molecular flexibility index (Phi) is 2.74. The molecule has 4 rings (SSSR count). The first kappa shape index (κ1) is 11.6. The number of rotatable bonds is 3. The molecule has 0 saturated heterocycles. The topological polar surface area (TPSA) is 60.0 Å². The Balaban J connectivity index is 1.43. The van der Waals surface area contributed by atoms with Crippen molar-refractivity contribution >= 4 is 5.65 Å². The molecule has 3 aromatic heterocycles. The van der Waals surface area contributed by atoms with Crippen LogP contribution in [0.5, 0.6) is 0 Å². The van der Waals surface area contributed by atoms with Crippen molar-refractivity contribution in [1.29, 1.82) is 0 Å². The van der Waals surface area contributed by atoms with Crippen LogP contribution < -0.4 is 5.32 Å². The van der Waals surface area contributed by atoms with Crippen molar-refractivity contribution in [1.82, 2.24) is 29.5 Å². The molecule has 1 aliphatic rings. The maximum absolute atomic E-state index is 4.60. The first-order chi connectivity index (χ1) is 9.88. The largest absolute Gasteiger partial charge is 0.307 e. The lowest BCUT2D eigenvalue weighted by molar-refractivity contribution is 0.357. The van der Waals surface area contributed by atoms with Gasteiger partial charge < -0.3 is 9.72 Å². The highest BCUT2D eigenvalue weighted by molar-refractivity contribution is 5.39. The number of aromatic nitrogens is 5. The molecule has 20 heavy (non-hydrogen) atoms. The Hall–Kier alpha value is -2.21. The fourth-order valence-electron chi connectivity index (χ4n) is 2.73. The van der Waals surface area contributed by atoms with Crippen molar-refractivity contribution in [3.63, 3.8) is 0 Å². The van der Waals surface area contributed by atoms with Crippen LogP contribution in [-0.4, -0.2) is 30.2 Å². The molecule has 102 valence electrons. The number of hydrogen-bond donors (Lipinski definition) is 1. The van der Waals surface area contributed by atoms with Gasteiger partial charge in [0.05, 0.1) is 12.2 Å². The minimum atomic E-state index is 0.439. The average molecular weight is 268 g/mol. The van der Waals surface area contributed by atoms with Gasteiger partial charge >= 0.3 is 0 Å². The van der Waals surface area contributed by atoms with Gasteiger partial charge in [-0.2, -0.15) is 5.10 Å². The molecular weight excluding hydrogens is 252 g/mol. The molecule has 3 aromatic rings. The van der Waals surface area contributed by atoms with Crippen LogP contribution in [0.4, 0.5) is 0 Å². The molecule has 0 unspecified atom stereocenters. The number of pyridine rings is 1. The Labute approximate surface area is 116 Å². The first-order valence-electron chi connectivity index (χ1n) is 6.91. The van der Waals surface area contributed by atoms with Crippen LogP contribution in [-0.2, 0) is 19.5 Å². The fourth-order valence-corrected chi connectivity index (χ4v) is 2.73. The van der Waals surface area contributed by atoms with Gasteiger partial charge in [-0.05, 0) is 18.6 Å². The summed E-state index contributed by atoms with van der Waals surface area (Å²) in [6, 6.07) is 6.48. The summed E-state index contributed by atoms with van der Waals surface area (Å²) in [4.78, 5) is 8.84. The fraction of sp³-hybridized carbons (Fsp3) is 0.357. The molecule has 0 bridgehead atoms. The van der Waals surface area contributed by atoms with Gasteiger partial charge in [0, 0.05) is 31.4 Å². The third-order valence-electron chi connectivity index (χ3n) is 3.79. The van der Waals surface area contributed by atoms with Crippen LogP contribution in [0, 0.1) is 0 Å². The zero-order valence-electron chi connectivity index (χ0n) is 11.1. The van der Waals surface area contributed by atoms with Crippen LogP contribution >= 0.6 is 0 Å². The summed E-state index contributed by atoms with van der Waals surface area (Å²) < 4.78 is 4.04. The van der Waals surface area contributed by atoms with Crippen molar-refractivity contribution < 1.29 is 0 Å². The van der Waals surface area contributed by atoms with Gasteiger partial charge in [-0.25, -0.2) is 14.6 Å². The zero-order chi connectivity index (χ0) is 13.4. The standard InChI is InChI=1S/C14H16N6/c1-2-6-19-8-12(18-14(19)3-1)7-15-11-4-5-13-16-10-17-20(13)9-11/h1-3,6,8,10-11,15H,4-5,7,9H2/t11-/m0/s1. The van der Waals surface area contributed by atoms with Crippen LogP contribution in [0.2, 0.25) is 0 Å². The van der Waals surface area contributed by atoms with E-state index in [1.165, 1.54) is 0 Å². The lowest BCUT2D eigenvalue weighted by Gasteiger charge is -2.23. The van der Waals surface area contributed by atoms with Gasteiger partial charge in [-0.15, -0.1) is 0 Å². The van der Waals surface area contributed by atoms with E-state index in [1.807, 2.05) is 33.5 Å². The second kappa shape index (κ2) is 4.72. The van der Waals surface area contributed by atoms with Crippen molar-refractivity contribution in [2.45, 2.75) is 32.0 Å². The van der Waals surface area contributed by atoms with Crippen LogP contribution in [0.3, 0.4) is 0 Å². The van der Waals surface area contributed by atoms with Crippen molar-refractivity contribution in [2.75, 3.05) is 0 Å². The van der Waals surface area contributed by atoms with Gasteiger partial charge in [0.1, 0.15) is 17.8 Å². The Bertz CT molecular complexity index is 695. The first-order valence-corrected chi connectivity index (χ1v) is 6.91. The van der Waals surface area contributed by atoms with E-state index in [2.05, 4.69) is 26.6 Å². The molecule has 4 heterocycles. The molecule has 6 nitrogen and oxygen atoms in total. The third kappa shape index (κ3) is 2.08. The molecule has 1 aliphatic heterocycles. The lowest BCUT2D eigenvalue weighted by atomic mass is 10.1. The number of nitrogens with one attached hydrogen (secondary N) is 1. The van der Waals surface area contributed by atoms with E-state index in [9.17, 15) is 0 Å². The molecule has 0 spiro atoms. The number of aryl methyl sites for hydroxylation is 1. The monoisotopic (exact) mass is 268 g/mol. The predicted octanol–water partition coefficient (Wildman–Crippen LogP) is 1.03. The van der Waals surface area contributed by atoms with Gasteiger partial charge in [0.2, 0.25) is 0 Å². The minimum absolute atomic E-state index is 0.439. The molecule has 1 N–H and O–H groups in total. The molecule has 0 amide bonds. The van der Waals surface area contributed by atoms with E-state index in [0.717, 1.165) is 43.1 Å². The zero-order valence-corrected chi connectivity index (χ0v) is 11.1. The van der Waals surface area contributed by atoms with Gasteiger partial charge in [0.15, 0.2) is 0 Å². The molecule has 0 fully saturated rings. The average Bonchev–Trinajstić information content (AvgIpc) is 3.10. The minimum Gasteiger partial charge on any atom is -0.307 e. The molecule has 1 atom stereocenters. The highest BCUT2D eigenvalue weighted by Gasteiger charge is 2.19. The lowest BCUT2D eigenvalue weighted by Crippen LogP contribution is -2.37. The smallest absolute Gasteiger partial charge is 0.138 e. The third-order valence-corrected chi connectivity index (χ3v) is 3.79. The van der Waals surface area contributed by atoms with Crippen LogP contribution in [0.25, 0.3) is 5.65 Å². The Morgan fingerprint density at radius 3 is 3.30 bits per heavy atom. The van der Waals surface area contributed by atoms with Gasteiger partial charge in [-0.3, -0.25) is 0 Å². The Morgan fingerprint density at radius 1 is 1.35 bits per heavy atom. The van der Waals surface area contributed by atoms with Crippen molar-refractivity contribution in [3.05, 3.63) is 48.4 Å². The van der Waals surface area contributed by atoms with E-state index in [0.29, 0.717) is 6.04 Å². The van der Waals surface area contributed by atoms with E-state index >= 15 is 0 Å². The van der Waals surface area contributed by atoms with E-state index < -0.39 is 0 Å². The van der Waals surface area contributed by atoms with Crippen molar-refractivity contribution in [2.24, 2.45) is 0 Å². The van der Waals surface area contributed by atoms with Crippen LogP contribution in [0.1, 0.15) is 17.9 Å². The SMILES string of the molecule is c1ccn2cc(CN[C@H]3CCc4ncnn4C3)nc2c1. The van der Waals surface area contributed by atoms with E-state index in [-0.39, 0.29) is 0 Å². The molecule has 0 aliphatic carbocycles. The second-order valence-electron chi connectivity index (χ2n) is 5.17. The Morgan fingerprint density at radius 2 is 2.35 bits per heavy atom. The molecule has 0 saturated carbocycles. The summed E-state index contributed by atoms with van der Waals surface area (Å²) >= 11 is 0. The van der Waals surface area contributed by atoms with Gasteiger partial charge in [-0.1, -0.05) is 6.07 Å².